The van der Waals surface area contributed by atoms with Gasteiger partial charge in [-0.2, -0.15) is 26.3 Å². The lowest BCUT2D eigenvalue weighted by Gasteiger charge is -2.46. The molecular weight excluding hydrogens is 604 g/mol. The van der Waals surface area contributed by atoms with Crippen molar-refractivity contribution >= 4 is 41.5 Å². The first-order chi connectivity index (χ1) is 19.4. The van der Waals surface area contributed by atoms with Crippen LogP contribution in [-0.2, 0) is 26.7 Å². The quantitative estimate of drug-likeness (QED) is 0.0869. The van der Waals surface area contributed by atoms with Crippen molar-refractivity contribution < 1.29 is 60.7 Å². The van der Waals surface area contributed by atoms with Crippen LogP contribution in [0.5, 0.6) is 0 Å². The normalized spacial score (nSPS) is 29.0. The van der Waals surface area contributed by atoms with Gasteiger partial charge in [-0.15, -0.1) is 11.8 Å². The van der Waals surface area contributed by atoms with Crippen LogP contribution in [0.2, 0.25) is 0 Å². The second-order valence-electron chi connectivity index (χ2n) is 9.86. The van der Waals surface area contributed by atoms with Crippen molar-refractivity contribution in [3.8, 4) is 0 Å². The standard InChI is InChI=1S/C22H21F6N7O6S/c23-21(24,25)8-1-2-10(22(26,27)28)9(3-8)16(38)41-12-5-35-18(30)31-11(4-34-13(36)6-42-7-14(34)37)15-19(35,20(12,39)40)33-17(29)32-15/h1-3,11-12,15,39-40H,4-7H2,(H2,30,31)(H3,29,32,33)/p+1/t11-,12-,15-,19-/m0/s1. The molecule has 0 unspecified atom stereocenters. The van der Waals surface area contributed by atoms with Crippen molar-refractivity contribution in [3.05, 3.63) is 34.9 Å². The summed E-state index contributed by atoms with van der Waals surface area (Å²) in [5, 5.41) is 25.4. The number of nitrogens with zero attached hydrogens (tertiary/aromatic N) is 3. The smallest absolute Gasteiger partial charge is 0.417 e. The summed E-state index contributed by atoms with van der Waals surface area (Å²) in [7, 11) is 0. The summed E-state index contributed by atoms with van der Waals surface area (Å²) in [4.78, 5) is 46.6. The van der Waals surface area contributed by atoms with Crippen LogP contribution in [0, 0.1) is 0 Å². The fourth-order valence-corrected chi connectivity index (χ4v) is 6.26. The van der Waals surface area contributed by atoms with Crippen LogP contribution in [0.15, 0.2) is 23.2 Å². The zero-order chi connectivity index (χ0) is 31.0. The van der Waals surface area contributed by atoms with E-state index in [2.05, 4.69) is 15.3 Å². The Bertz CT molecular complexity index is 1400. The number of ether oxygens (including phenoxy) is 1. The number of hydrogen-bond acceptors (Lipinski definition) is 12. The second-order valence-corrected chi connectivity index (χ2v) is 10.8. The Morgan fingerprint density at radius 1 is 1.14 bits per heavy atom. The van der Waals surface area contributed by atoms with Crippen LogP contribution in [0.25, 0.3) is 0 Å². The Labute approximate surface area is 235 Å². The lowest BCUT2D eigenvalue weighted by molar-refractivity contribution is -0.522. The summed E-state index contributed by atoms with van der Waals surface area (Å²) in [6.07, 6.45) is -12.5. The molecule has 4 atom stereocenters. The third-order valence-electron chi connectivity index (χ3n) is 7.37. The molecule has 13 nitrogen and oxygen atoms in total. The van der Waals surface area contributed by atoms with Crippen molar-refractivity contribution in [2.75, 3.05) is 24.6 Å². The van der Waals surface area contributed by atoms with E-state index in [9.17, 15) is 50.9 Å². The van der Waals surface area contributed by atoms with E-state index in [0.717, 1.165) is 21.6 Å². The molecule has 2 fully saturated rings. The van der Waals surface area contributed by atoms with Gasteiger partial charge in [0.15, 0.2) is 18.1 Å². The molecule has 5 rings (SSSR count). The van der Waals surface area contributed by atoms with Gasteiger partial charge >= 0.3 is 24.3 Å². The third-order valence-corrected chi connectivity index (χ3v) is 8.28. The van der Waals surface area contributed by atoms with Crippen LogP contribution < -0.4 is 21.8 Å². The van der Waals surface area contributed by atoms with E-state index in [1.165, 1.54) is 0 Å². The number of thioether (sulfide) groups is 1. The van der Waals surface area contributed by atoms with Crippen LogP contribution in [0.4, 0.5) is 26.3 Å². The number of nitrogens with two attached hydrogens (primary N) is 2. The molecule has 1 aromatic rings. The van der Waals surface area contributed by atoms with Crippen molar-refractivity contribution in [2.24, 2.45) is 16.5 Å². The molecule has 228 valence electrons. The van der Waals surface area contributed by atoms with E-state index < -0.39 is 89.0 Å². The van der Waals surface area contributed by atoms with Gasteiger partial charge < -0.3 is 20.7 Å². The molecule has 0 radical (unpaired) electrons. The third kappa shape index (κ3) is 4.56. The summed E-state index contributed by atoms with van der Waals surface area (Å²) in [6, 6.07) is -2.28. The molecule has 1 spiro atoms. The molecule has 0 aromatic heterocycles. The van der Waals surface area contributed by atoms with Gasteiger partial charge in [0, 0.05) is 0 Å². The van der Waals surface area contributed by atoms with Crippen molar-refractivity contribution in [1.29, 1.82) is 0 Å². The number of rotatable bonds is 4. The molecule has 4 aliphatic heterocycles. The van der Waals surface area contributed by atoms with E-state index in [-0.39, 0.29) is 42.2 Å². The Kier molecular flexibility index (Phi) is 6.81. The molecule has 2 amide bonds. The molecule has 0 bridgehead atoms. The number of alkyl halides is 6. The van der Waals surface area contributed by atoms with Gasteiger partial charge in [-0.05, 0) is 18.2 Å². The average Bonchev–Trinajstić information content (AvgIpc) is 3.34. The highest BCUT2D eigenvalue weighted by Crippen LogP contribution is 2.43. The molecule has 1 aromatic carbocycles. The number of guanidine groups is 2. The average molecular weight is 627 g/mol. The van der Waals surface area contributed by atoms with Crippen LogP contribution in [0.3, 0.4) is 0 Å². The summed E-state index contributed by atoms with van der Waals surface area (Å²) in [6.45, 7) is -1.08. The van der Waals surface area contributed by atoms with Gasteiger partial charge in [-0.3, -0.25) is 30.1 Å². The van der Waals surface area contributed by atoms with Gasteiger partial charge in [0.2, 0.25) is 11.8 Å². The number of amides is 2. The minimum atomic E-state index is -5.27. The van der Waals surface area contributed by atoms with Gasteiger partial charge in [0.1, 0.15) is 6.04 Å². The molecular formula is C22H22F6N7O6S+. The molecule has 8 N–H and O–H groups in total. The van der Waals surface area contributed by atoms with E-state index in [1.807, 2.05) is 0 Å². The maximum atomic E-state index is 13.6. The number of imide groups is 1. The molecule has 0 saturated carbocycles. The summed E-state index contributed by atoms with van der Waals surface area (Å²) >= 11 is 1.10. The number of carbonyl (C=O) groups excluding carboxylic acids is 3. The summed E-state index contributed by atoms with van der Waals surface area (Å²) in [5.74, 6) is -6.92. The van der Waals surface area contributed by atoms with Crippen LogP contribution in [0.1, 0.15) is 21.5 Å². The summed E-state index contributed by atoms with van der Waals surface area (Å²) < 4.78 is 85.5. The maximum Gasteiger partial charge on any atom is 0.417 e. The predicted octanol–water partition coefficient (Wildman–Crippen LogP) is -2.89. The first kappa shape index (κ1) is 29.7. The number of carbonyl (C=O) groups is 3. The number of esters is 1. The van der Waals surface area contributed by atoms with Crippen molar-refractivity contribution in [2.45, 2.75) is 42.0 Å². The highest BCUT2D eigenvalue weighted by molar-refractivity contribution is 8.00. The fourth-order valence-electron chi connectivity index (χ4n) is 5.50. The number of hydrogen-bond donors (Lipinski definition) is 6. The first-order valence-corrected chi connectivity index (χ1v) is 13.2. The van der Waals surface area contributed by atoms with Crippen molar-refractivity contribution in [3.63, 3.8) is 0 Å². The molecule has 20 heteroatoms. The minimum absolute atomic E-state index is 0.00303. The van der Waals surface area contributed by atoms with E-state index in [0.29, 0.717) is 0 Å². The van der Waals surface area contributed by atoms with Crippen LogP contribution in [-0.4, -0.2) is 104 Å². The van der Waals surface area contributed by atoms with Crippen molar-refractivity contribution in [1.82, 2.24) is 15.1 Å². The first-order valence-electron chi connectivity index (χ1n) is 12.0. The van der Waals surface area contributed by atoms with E-state index >= 15 is 0 Å². The Morgan fingerprint density at radius 2 is 1.79 bits per heavy atom. The second kappa shape index (κ2) is 9.63. The number of nitrogens with one attached hydrogen (secondary N) is 2. The lowest BCUT2D eigenvalue weighted by Crippen LogP contribution is -2.90. The van der Waals surface area contributed by atoms with Gasteiger partial charge in [0.25, 0.3) is 11.4 Å². The molecule has 0 aliphatic carbocycles. The molecule has 4 aliphatic rings. The number of benzene rings is 1. The SMILES string of the molecule is NC1=N[C@@H](CN2C(=O)CSCC2=O)[C@@H]2[NH+]=C(N)N[C@]23N1C[C@H](OC(=O)c1cc(C(F)(F)F)ccc1C(F)(F)F)C3(O)O. The number of halogens is 6. The zero-order valence-electron chi connectivity index (χ0n) is 21.0. The largest absolute Gasteiger partial charge is 0.451 e. The van der Waals surface area contributed by atoms with Crippen LogP contribution >= 0.6 is 11.8 Å². The van der Waals surface area contributed by atoms with Gasteiger partial charge in [-0.1, -0.05) is 0 Å². The highest BCUT2D eigenvalue weighted by atomic mass is 32.2. The number of aliphatic hydroxyl groups is 2. The number of aliphatic imine (C=N–C) groups is 1. The lowest BCUT2D eigenvalue weighted by atomic mass is 9.85. The van der Waals surface area contributed by atoms with E-state index in [4.69, 9.17) is 16.2 Å². The zero-order valence-corrected chi connectivity index (χ0v) is 21.8. The Morgan fingerprint density at radius 3 is 2.38 bits per heavy atom. The Balaban J connectivity index is 1.49. The molecule has 2 saturated heterocycles. The highest BCUT2D eigenvalue weighted by Gasteiger charge is 2.77. The topological polar surface area (TPSA) is 198 Å². The fraction of sp³-hybridized carbons (Fsp3) is 0.500. The maximum absolute atomic E-state index is 13.6. The summed E-state index contributed by atoms with van der Waals surface area (Å²) in [5.41, 5.74) is 4.92. The predicted molar refractivity (Wildman–Crippen MR) is 129 cm³/mol. The monoisotopic (exact) mass is 626 g/mol. The minimum Gasteiger partial charge on any atom is -0.451 e. The molecule has 42 heavy (non-hydrogen) atoms. The molecule has 4 heterocycles. The Hall–Kier alpha value is -3.78. The van der Waals surface area contributed by atoms with E-state index in [1.54, 1.807) is 0 Å². The van der Waals surface area contributed by atoms with Gasteiger partial charge in [0.05, 0.1) is 41.3 Å². The van der Waals surface area contributed by atoms with Gasteiger partial charge in [-0.25, -0.2) is 15.1 Å².